The average molecular weight is 252 g/mol. The molecule has 2 fully saturated rings. The molecule has 18 heavy (non-hydrogen) atoms. The molecule has 2 rings (SSSR count). The van der Waals surface area contributed by atoms with Crippen molar-refractivity contribution in [2.45, 2.75) is 78.6 Å². The molecule has 2 aliphatic carbocycles. The van der Waals surface area contributed by atoms with E-state index in [4.69, 9.17) is 0 Å². The van der Waals surface area contributed by atoms with E-state index in [1.165, 1.54) is 57.8 Å². The Balaban J connectivity index is 1.90. The molecular formula is C17H32O. The minimum Gasteiger partial charge on any atom is -0.396 e. The maximum absolute atomic E-state index is 9.89. The van der Waals surface area contributed by atoms with Crippen LogP contribution in [0.5, 0.6) is 0 Å². The fourth-order valence-corrected chi connectivity index (χ4v) is 4.35. The van der Waals surface area contributed by atoms with Crippen molar-refractivity contribution in [3.05, 3.63) is 0 Å². The third-order valence-electron chi connectivity index (χ3n) is 5.80. The van der Waals surface area contributed by atoms with Crippen molar-refractivity contribution in [2.24, 2.45) is 22.7 Å². The summed E-state index contributed by atoms with van der Waals surface area (Å²) in [6.07, 6.45) is 12.2. The first-order valence-corrected chi connectivity index (χ1v) is 8.06. The molecule has 0 saturated heterocycles. The molecule has 0 aromatic rings. The van der Waals surface area contributed by atoms with Crippen LogP contribution in [0.4, 0.5) is 0 Å². The quantitative estimate of drug-likeness (QED) is 0.766. The Bertz CT molecular complexity index is 249. The van der Waals surface area contributed by atoms with E-state index in [9.17, 15) is 5.11 Å². The summed E-state index contributed by atoms with van der Waals surface area (Å²) in [6, 6.07) is 0. The lowest BCUT2D eigenvalue weighted by Crippen LogP contribution is -2.36. The fourth-order valence-electron chi connectivity index (χ4n) is 4.35. The van der Waals surface area contributed by atoms with Crippen LogP contribution in [0.25, 0.3) is 0 Å². The predicted octanol–water partition coefficient (Wildman–Crippen LogP) is 4.78. The average Bonchev–Trinajstić information content (AvgIpc) is 2.81. The summed E-state index contributed by atoms with van der Waals surface area (Å²) in [5.74, 6) is 1.78. The molecule has 0 bridgehead atoms. The molecule has 106 valence electrons. The van der Waals surface area contributed by atoms with Gasteiger partial charge in [-0.3, -0.25) is 0 Å². The molecule has 0 aromatic heterocycles. The van der Waals surface area contributed by atoms with Crippen molar-refractivity contribution in [3.8, 4) is 0 Å². The third-order valence-corrected chi connectivity index (χ3v) is 5.80. The van der Waals surface area contributed by atoms with Crippen LogP contribution >= 0.6 is 0 Å². The second-order valence-electron chi connectivity index (χ2n) is 8.15. The number of hydrogen-bond donors (Lipinski definition) is 1. The number of aliphatic hydroxyl groups is 1. The van der Waals surface area contributed by atoms with Gasteiger partial charge in [-0.25, -0.2) is 0 Å². The Hall–Kier alpha value is -0.0400. The lowest BCUT2D eigenvalue weighted by atomic mass is 9.62. The van der Waals surface area contributed by atoms with Gasteiger partial charge in [0.1, 0.15) is 0 Å². The van der Waals surface area contributed by atoms with Crippen LogP contribution in [0.3, 0.4) is 0 Å². The van der Waals surface area contributed by atoms with Crippen LogP contribution in [0.1, 0.15) is 78.6 Å². The maximum Gasteiger partial charge on any atom is 0.0487 e. The summed E-state index contributed by atoms with van der Waals surface area (Å²) >= 11 is 0. The van der Waals surface area contributed by atoms with Gasteiger partial charge in [0.2, 0.25) is 0 Å². The van der Waals surface area contributed by atoms with Crippen molar-refractivity contribution in [1.29, 1.82) is 0 Å². The van der Waals surface area contributed by atoms with Crippen LogP contribution < -0.4 is 0 Å². The lowest BCUT2D eigenvalue weighted by Gasteiger charge is -2.44. The zero-order chi connectivity index (χ0) is 13.2. The number of hydrogen-bond acceptors (Lipinski definition) is 1. The Morgan fingerprint density at radius 1 is 1.00 bits per heavy atom. The first-order chi connectivity index (χ1) is 8.45. The molecule has 1 N–H and O–H groups in total. The van der Waals surface area contributed by atoms with Crippen LogP contribution in [0.2, 0.25) is 0 Å². The first-order valence-electron chi connectivity index (χ1n) is 8.06. The molecule has 2 aliphatic rings. The topological polar surface area (TPSA) is 20.2 Å². The minimum atomic E-state index is 0.288. The van der Waals surface area contributed by atoms with E-state index in [0.717, 1.165) is 11.8 Å². The molecule has 0 heterocycles. The fraction of sp³-hybridized carbons (Fsp3) is 1.00. The van der Waals surface area contributed by atoms with Crippen molar-refractivity contribution >= 4 is 0 Å². The second kappa shape index (κ2) is 5.53. The molecule has 0 atom stereocenters. The molecule has 0 amide bonds. The van der Waals surface area contributed by atoms with Crippen molar-refractivity contribution in [2.75, 3.05) is 6.61 Å². The van der Waals surface area contributed by atoms with E-state index in [-0.39, 0.29) is 5.41 Å². The minimum absolute atomic E-state index is 0.288. The monoisotopic (exact) mass is 252 g/mol. The second-order valence-corrected chi connectivity index (χ2v) is 8.15. The largest absolute Gasteiger partial charge is 0.396 e. The van der Waals surface area contributed by atoms with Crippen molar-refractivity contribution < 1.29 is 5.11 Å². The highest BCUT2D eigenvalue weighted by Gasteiger charge is 2.39. The summed E-state index contributed by atoms with van der Waals surface area (Å²) in [6.45, 7) is 7.56. The zero-order valence-corrected chi connectivity index (χ0v) is 12.7. The van der Waals surface area contributed by atoms with Gasteiger partial charge >= 0.3 is 0 Å². The van der Waals surface area contributed by atoms with Gasteiger partial charge in [0.15, 0.2) is 0 Å². The zero-order valence-electron chi connectivity index (χ0n) is 12.7. The number of rotatable bonds is 3. The molecule has 0 aromatic carbocycles. The highest BCUT2D eigenvalue weighted by molar-refractivity contribution is 4.90. The van der Waals surface area contributed by atoms with E-state index in [2.05, 4.69) is 20.8 Å². The SMILES string of the molecule is CC(C)(C)C1CCC(CO)(CC2CCCC2)CC1. The van der Waals surface area contributed by atoms with Gasteiger partial charge in [0.25, 0.3) is 0 Å². The van der Waals surface area contributed by atoms with E-state index in [1.807, 2.05) is 0 Å². The summed E-state index contributed by atoms with van der Waals surface area (Å²) in [5, 5.41) is 9.89. The molecule has 0 aliphatic heterocycles. The highest BCUT2D eigenvalue weighted by atomic mass is 16.3. The summed E-state index contributed by atoms with van der Waals surface area (Å²) in [5.41, 5.74) is 0.742. The van der Waals surface area contributed by atoms with Crippen LogP contribution in [0.15, 0.2) is 0 Å². The van der Waals surface area contributed by atoms with Crippen molar-refractivity contribution in [1.82, 2.24) is 0 Å². The molecule has 0 spiro atoms. The van der Waals surface area contributed by atoms with E-state index < -0.39 is 0 Å². The van der Waals surface area contributed by atoms with Crippen molar-refractivity contribution in [3.63, 3.8) is 0 Å². The Labute approximate surface area is 113 Å². The third kappa shape index (κ3) is 3.29. The Morgan fingerprint density at radius 3 is 2.00 bits per heavy atom. The summed E-state index contributed by atoms with van der Waals surface area (Å²) in [4.78, 5) is 0. The normalized spacial score (nSPS) is 35.0. The lowest BCUT2D eigenvalue weighted by molar-refractivity contribution is 0.0187. The smallest absolute Gasteiger partial charge is 0.0487 e. The van der Waals surface area contributed by atoms with Gasteiger partial charge < -0.3 is 5.11 Å². The summed E-state index contributed by atoms with van der Waals surface area (Å²) < 4.78 is 0. The van der Waals surface area contributed by atoms with Gasteiger partial charge in [-0.2, -0.15) is 0 Å². The van der Waals surface area contributed by atoms with Crippen LogP contribution in [-0.2, 0) is 0 Å². The highest BCUT2D eigenvalue weighted by Crippen LogP contribution is 2.49. The first kappa shape index (κ1) is 14.4. The van der Waals surface area contributed by atoms with Gasteiger partial charge in [-0.05, 0) is 54.8 Å². The number of aliphatic hydroxyl groups excluding tert-OH is 1. The molecule has 1 heteroatoms. The predicted molar refractivity (Wildman–Crippen MR) is 77.5 cm³/mol. The van der Waals surface area contributed by atoms with Gasteiger partial charge in [-0.15, -0.1) is 0 Å². The molecule has 2 saturated carbocycles. The van der Waals surface area contributed by atoms with E-state index >= 15 is 0 Å². The molecular weight excluding hydrogens is 220 g/mol. The van der Waals surface area contributed by atoms with Gasteiger partial charge in [0, 0.05) is 6.61 Å². The molecule has 1 nitrogen and oxygen atoms in total. The standard InChI is InChI=1S/C17H32O/c1-16(2,3)15-8-10-17(13-18,11-9-15)12-14-6-4-5-7-14/h14-15,18H,4-13H2,1-3H3. The van der Waals surface area contributed by atoms with Crippen LogP contribution in [-0.4, -0.2) is 11.7 Å². The van der Waals surface area contributed by atoms with E-state index in [0.29, 0.717) is 12.0 Å². The molecule has 0 unspecified atom stereocenters. The Kier molecular flexibility index (Phi) is 4.41. The van der Waals surface area contributed by atoms with E-state index in [1.54, 1.807) is 0 Å². The Morgan fingerprint density at radius 2 is 1.56 bits per heavy atom. The van der Waals surface area contributed by atoms with Gasteiger partial charge in [-0.1, -0.05) is 46.5 Å². The van der Waals surface area contributed by atoms with Gasteiger partial charge in [0.05, 0.1) is 0 Å². The maximum atomic E-state index is 9.89. The summed E-state index contributed by atoms with van der Waals surface area (Å²) in [7, 11) is 0. The molecule has 0 radical (unpaired) electrons. The van der Waals surface area contributed by atoms with Crippen LogP contribution in [0, 0.1) is 22.7 Å².